The van der Waals surface area contributed by atoms with Crippen LogP contribution in [0.1, 0.15) is 33.1 Å². The normalized spacial score (nSPS) is 17.2. The Kier molecular flexibility index (Phi) is 8.83. The van der Waals surface area contributed by atoms with Crippen molar-refractivity contribution in [2.45, 2.75) is 38.6 Å². The Labute approximate surface area is 230 Å². The smallest absolute Gasteiger partial charge is 0.321 e. The van der Waals surface area contributed by atoms with Crippen LogP contribution in [-0.4, -0.2) is 80.3 Å². The maximum atomic E-state index is 13.9. The van der Waals surface area contributed by atoms with Gasteiger partial charge in [0.1, 0.15) is 23.6 Å². The van der Waals surface area contributed by atoms with Crippen molar-refractivity contribution in [3.8, 4) is 11.5 Å². The van der Waals surface area contributed by atoms with Crippen LogP contribution < -0.4 is 25.0 Å². The van der Waals surface area contributed by atoms with Crippen molar-refractivity contribution in [1.29, 1.82) is 0 Å². The first-order valence-electron chi connectivity index (χ1n) is 13.5. The molecule has 2 aromatic carbocycles. The van der Waals surface area contributed by atoms with Gasteiger partial charge in [-0.15, -0.1) is 0 Å². The lowest BCUT2D eigenvalue weighted by Gasteiger charge is -2.43. The molecule has 2 aliphatic rings. The minimum atomic E-state index is -0.813. The van der Waals surface area contributed by atoms with E-state index in [1.54, 1.807) is 35.1 Å². The molecule has 0 bridgehead atoms. The number of urea groups is 1. The van der Waals surface area contributed by atoms with E-state index >= 15 is 0 Å². The van der Waals surface area contributed by atoms with Gasteiger partial charge in [-0.25, -0.2) is 4.79 Å². The van der Waals surface area contributed by atoms with E-state index in [9.17, 15) is 14.4 Å². The fourth-order valence-electron chi connectivity index (χ4n) is 5.16. The minimum absolute atomic E-state index is 0.0157. The first kappa shape index (κ1) is 28.1. The minimum Gasteiger partial charge on any atom is -0.497 e. The highest BCUT2D eigenvalue weighted by molar-refractivity contribution is 5.97. The van der Waals surface area contributed by atoms with Crippen molar-refractivity contribution in [2.24, 2.45) is 5.92 Å². The van der Waals surface area contributed by atoms with Crippen molar-refractivity contribution >= 4 is 29.2 Å². The van der Waals surface area contributed by atoms with Gasteiger partial charge in [0.2, 0.25) is 5.91 Å². The summed E-state index contributed by atoms with van der Waals surface area (Å²) < 4.78 is 10.6. The van der Waals surface area contributed by atoms with E-state index in [-0.39, 0.29) is 24.4 Å². The maximum Gasteiger partial charge on any atom is 0.321 e. The second-order valence-electron chi connectivity index (χ2n) is 10.2. The summed E-state index contributed by atoms with van der Waals surface area (Å²) in [7, 11) is 3.11. The molecular weight excluding hydrogens is 498 g/mol. The molecule has 2 saturated heterocycles. The van der Waals surface area contributed by atoms with Gasteiger partial charge < -0.3 is 34.8 Å². The average Bonchev–Trinajstić information content (AvgIpc) is 3.22. The van der Waals surface area contributed by atoms with Crippen molar-refractivity contribution in [1.82, 2.24) is 15.1 Å². The lowest BCUT2D eigenvalue weighted by Crippen LogP contribution is -2.58. The van der Waals surface area contributed by atoms with Gasteiger partial charge >= 0.3 is 6.03 Å². The molecule has 1 unspecified atom stereocenters. The first-order chi connectivity index (χ1) is 18.8. The highest BCUT2D eigenvalue weighted by Gasteiger charge is 2.54. The van der Waals surface area contributed by atoms with Gasteiger partial charge in [-0.2, -0.15) is 0 Å². The number of para-hydroxylation sites is 1. The molecule has 0 saturated carbocycles. The molecule has 0 aliphatic carbocycles. The molecule has 10 heteroatoms. The lowest BCUT2D eigenvalue weighted by molar-refractivity contribution is -0.137. The zero-order valence-corrected chi connectivity index (χ0v) is 23.2. The van der Waals surface area contributed by atoms with Crippen LogP contribution in [0.3, 0.4) is 0 Å². The molecule has 0 radical (unpaired) electrons. The summed E-state index contributed by atoms with van der Waals surface area (Å²) in [6, 6.07) is 14.7. The van der Waals surface area contributed by atoms with Crippen LogP contribution in [0.25, 0.3) is 0 Å². The van der Waals surface area contributed by atoms with Crippen LogP contribution >= 0.6 is 0 Å². The van der Waals surface area contributed by atoms with Crippen molar-refractivity contribution in [3.05, 3.63) is 48.5 Å². The summed E-state index contributed by atoms with van der Waals surface area (Å²) in [6.45, 7) is 5.90. The maximum absolute atomic E-state index is 13.9. The van der Waals surface area contributed by atoms with Gasteiger partial charge in [-0.05, 0) is 43.0 Å². The van der Waals surface area contributed by atoms with Crippen LogP contribution in [0.2, 0.25) is 0 Å². The third-order valence-electron chi connectivity index (χ3n) is 7.79. The summed E-state index contributed by atoms with van der Waals surface area (Å²) >= 11 is 0. The van der Waals surface area contributed by atoms with Crippen molar-refractivity contribution in [3.63, 3.8) is 0 Å². The number of hydrogen-bond acceptors (Lipinski definition) is 6. The van der Waals surface area contributed by atoms with Crippen LogP contribution in [-0.2, 0) is 9.59 Å². The number of likely N-dealkylation sites (tertiary alicyclic amines) is 1. The molecule has 39 heavy (non-hydrogen) atoms. The Hall–Kier alpha value is -3.95. The fourth-order valence-corrected chi connectivity index (χ4v) is 5.16. The fraction of sp³-hybridized carbons (Fsp3) is 0.483. The number of carbonyl (C=O) groups excluding carboxylic acids is 3. The molecule has 1 atom stereocenters. The molecular formula is C29H39N5O5. The number of piperidine rings is 1. The van der Waals surface area contributed by atoms with E-state index in [0.29, 0.717) is 62.2 Å². The molecule has 4 amide bonds. The summed E-state index contributed by atoms with van der Waals surface area (Å²) in [5.41, 5.74) is 0.655. The van der Waals surface area contributed by atoms with Crippen molar-refractivity contribution in [2.75, 3.05) is 57.3 Å². The van der Waals surface area contributed by atoms with Gasteiger partial charge in [0.25, 0.3) is 5.91 Å². The second kappa shape index (κ2) is 12.3. The van der Waals surface area contributed by atoms with Gasteiger partial charge in [0.05, 0.1) is 26.6 Å². The van der Waals surface area contributed by atoms with E-state index in [1.807, 2.05) is 30.3 Å². The molecule has 2 N–H and O–H groups in total. The molecule has 2 heterocycles. The van der Waals surface area contributed by atoms with Crippen LogP contribution in [0.4, 0.5) is 16.2 Å². The van der Waals surface area contributed by atoms with Gasteiger partial charge in [0.15, 0.2) is 0 Å². The predicted octanol–water partition coefficient (Wildman–Crippen LogP) is 3.54. The van der Waals surface area contributed by atoms with E-state index in [2.05, 4.69) is 29.4 Å². The number of nitrogens with zero attached hydrogens (tertiary/aromatic N) is 3. The zero-order chi connectivity index (χ0) is 28.0. The second-order valence-corrected chi connectivity index (χ2v) is 10.2. The quantitative estimate of drug-likeness (QED) is 0.507. The largest absolute Gasteiger partial charge is 0.497 e. The summed E-state index contributed by atoms with van der Waals surface area (Å²) in [5.74, 6) is 1.29. The Morgan fingerprint density at radius 1 is 1.05 bits per heavy atom. The van der Waals surface area contributed by atoms with Gasteiger partial charge in [0, 0.05) is 31.4 Å². The topological polar surface area (TPSA) is 103 Å². The number of hydrogen-bond donors (Lipinski definition) is 2. The number of carbonyl (C=O) groups is 3. The molecule has 0 aromatic heterocycles. The number of nitrogens with one attached hydrogen (secondary N) is 2. The monoisotopic (exact) mass is 537 g/mol. The van der Waals surface area contributed by atoms with E-state index in [1.165, 1.54) is 7.11 Å². The summed E-state index contributed by atoms with van der Waals surface area (Å²) in [6.07, 6.45) is 1.89. The number of methoxy groups -OCH3 is 2. The number of ether oxygens (including phenoxy) is 2. The lowest BCUT2D eigenvalue weighted by atomic mass is 9.85. The van der Waals surface area contributed by atoms with Crippen LogP contribution in [0.15, 0.2) is 48.5 Å². The Morgan fingerprint density at radius 2 is 1.77 bits per heavy atom. The number of amides is 4. The SMILES string of the molecule is CCC(C)CNC(=O)CN1CN(c2ccccc2)C2(CCN(C(=O)Nc3ccc(OC)cc3OC)CC2)C1=O. The Bertz CT molecular complexity index is 1170. The molecule has 2 fully saturated rings. The van der Waals surface area contributed by atoms with E-state index < -0.39 is 5.54 Å². The van der Waals surface area contributed by atoms with Crippen LogP contribution in [0, 0.1) is 5.92 Å². The predicted molar refractivity (Wildman–Crippen MR) is 150 cm³/mol. The number of benzene rings is 2. The molecule has 2 aromatic rings. The highest BCUT2D eigenvalue weighted by Crippen LogP contribution is 2.39. The Morgan fingerprint density at radius 3 is 2.41 bits per heavy atom. The van der Waals surface area contributed by atoms with E-state index in [4.69, 9.17) is 9.47 Å². The molecule has 1 spiro atoms. The third-order valence-corrected chi connectivity index (χ3v) is 7.79. The van der Waals surface area contributed by atoms with E-state index in [0.717, 1.165) is 12.1 Å². The van der Waals surface area contributed by atoms with Gasteiger partial charge in [-0.3, -0.25) is 9.59 Å². The van der Waals surface area contributed by atoms with Crippen LogP contribution in [0.5, 0.6) is 11.5 Å². The standard InChI is InChI=1S/C29H39N5O5/c1-5-21(2)18-30-26(35)19-33-20-34(22-9-7-6-8-10-22)29(27(33)36)13-15-32(16-14-29)28(37)31-24-12-11-23(38-3)17-25(24)39-4/h6-12,17,21H,5,13-16,18-20H2,1-4H3,(H,30,35)(H,31,37). The molecule has 210 valence electrons. The zero-order valence-electron chi connectivity index (χ0n) is 23.2. The average molecular weight is 538 g/mol. The highest BCUT2D eigenvalue weighted by atomic mass is 16.5. The molecule has 4 rings (SSSR count). The number of rotatable bonds is 9. The summed E-state index contributed by atoms with van der Waals surface area (Å²) in [4.78, 5) is 45.1. The van der Waals surface area contributed by atoms with Gasteiger partial charge in [-0.1, -0.05) is 38.5 Å². The first-order valence-corrected chi connectivity index (χ1v) is 13.5. The third kappa shape index (κ3) is 6.05. The number of anilines is 2. The molecule has 2 aliphatic heterocycles. The summed E-state index contributed by atoms with van der Waals surface area (Å²) in [5, 5.41) is 5.88. The van der Waals surface area contributed by atoms with Crippen molar-refractivity contribution < 1.29 is 23.9 Å². The molecule has 10 nitrogen and oxygen atoms in total. The Balaban J connectivity index is 1.47.